The molecule has 1 aromatic rings. The largest absolute Gasteiger partial charge is 0.491 e. The average Bonchev–Trinajstić information content (AvgIpc) is 2.77. The molecule has 2 amide bonds. The molecule has 0 bridgehead atoms. The van der Waals surface area contributed by atoms with Crippen molar-refractivity contribution in [2.75, 3.05) is 19.8 Å². The van der Waals surface area contributed by atoms with E-state index in [0.29, 0.717) is 44.0 Å². The third kappa shape index (κ3) is 3.29. The summed E-state index contributed by atoms with van der Waals surface area (Å²) in [5.74, 6) is 0.0938. The summed E-state index contributed by atoms with van der Waals surface area (Å²) in [7, 11) is 0. The molecule has 7 nitrogen and oxygen atoms in total. The fourth-order valence-corrected chi connectivity index (χ4v) is 3.76. The molecule has 1 fully saturated rings. The highest BCUT2D eigenvalue weighted by atomic mass is 16.5. The molecule has 0 aromatic heterocycles. The van der Waals surface area contributed by atoms with Crippen molar-refractivity contribution in [1.82, 2.24) is 10.4 Å². The molecule has 1 saturated heterocycles. The Morgan fingerprint density at radius 1 is 1.27 bits per heavy atom. The number of ether oxygens (including phenoxy) is 2. The second-order valence-corrected chi connectivity index (χ2v) is 7.41. The molecule has 2 unspecified atom stereocenters. The second kappa shape index (κ2) is 7.25. The number of fused-ring (bicyclic) bond motifs is 1. The van der Waals surface area contributed by atoms with E-state index < -0.39 is 11.3 Å². The third-order valence-corrected chi connectivity index (χ3v) is 5.55. The van der Waals surface area contributed by atoms with E-state index in [1.165, 1.54) is 0 Å². The monoisotopic (exact) mass is 362 g/mol. The number of hydrogen-bond acceptors (Lipinski definition) is 5. The van der Waals surface area contributed by atoms with Crippen molar-refractivity contribution in [2.45, 2.75) is 45.7 Å². The molecule has 2 aliphatic heterocycles. The predicted molar refractivity (Wildman–Crippen MR) is 94.1 cm³/mol. The van der Waals surface area contributed by atoms with Crippen molar-refractivity contribution in [3.63, 3.8) is 0 Å². The van der Waals surface area contributed by atoms with E-state index in [9.17, 15) is 9.59 Å². The molecule has 2 aliphatic rings. The highest BCUT2D eigenvalue weighted by Crippen LogP contribution is 2.40. The lowest BCUT2D eigenvalue weighted by atomic mass is 9.80. The summed E-state index contributed by atoms with van der Waals surface area (Å²) >= 11 is 0. The molecule has 2 atom stereocenters. The van der Waals surface area contributed by atoms with Crippen LogP contribution in [0.15, 0.2) is 18.2 Å². The van der Waals surface area contributed by atoms with E-state index in [0.717, 1.165) is 5.56 Å². The van der Waals surface area contributed by atoms with Crippen LogP contribution in [0.5, 0.6) is 5.75 Å². The van der Waals surface area contributed by atoms with Crippen LogP contribution in [0.4, 0.5) is 0 Å². The quantitative estimate of drug-likeness (QED) is 0.623. The molecule has 0 spiro atoms. The summed E-state index contributed by atoms with van der Waals surface area (Å²) in [5.41, 5.74) is 2.36. The van der Waals surface area contributed by atoms with Crippen molar-refractivity contribution in [1.29, 1.82) is 0 Å². The first-order chi connectivity index (χ1) is 12.4. The van der Waals surface area contributed by atoms with Crippen LogP contribution in [-0.4, -0.2) is 47.8 Å². The van der Waals surface area contributed by atoms with Crippen LogP contribution in [0.25, 0.3) is 0 Å². The van der Waals surface area contributed by atoms with E-state index in [4.69, 9.17) is 14.7 Å². The second-order valence-electron chi connectivity index (χ2n) is 7.41. The lowest BCUT2D eigenvalue weighted by molar-refractivity contribution is -0.151. The number of amides is 2. The highest BCUT2D eigenvalue weighted by molar-refractivity contribution is 5.94. The van der Waals surface area contributed by atoms with Gasteiger partial charge in [0.1, 0.15) is 12.4 Å². The molecular formula is C19H26N2O5. The Balaban J connectivity index is 1.93. The van der Waals surface area contributed by atoms with Gasteiger partial charge >= 0.3 is 0 Å². The first kappa shape index (κ1) is 18.7. The van der Waals surface area contributed by atoms with Crippen LogP contribution in [0, 0.1) is 5.41 Å². The maximum absolute atomic E-state index is 13.4. The van der Waals surface area contributed by atoms with Crippen LogP contribution >= 0.6 is 0 Å². The molecule has 7 heteroatoms. The fourth-order valence-electron chi connectivity index (χ4n) is 3.76. The lowest BCUT2D eigenvalue weighted by Gasteiger charge is -2.41. The zero-order chi connectivity index (χ0) is 18.9. The van der Waals surface area contributed by atoms with Crippen LogP contribution in [0.1, 0.15) is 55.6 Å². The molecule has 0 radical (unpaired) electrons. The number of hydroxylamine groups is 1. The molecular weight excluding hydrogens is 336 g/mol. The number of carbonyl (C=O) groups excluding carboxylic acids is 2. The van der Waals surface area contributed by atoms with Crippen molar-refractivity contribution < 1.29 is 24.3 Å². The average molecular weight is 362 g/mol. The van der Waals surface area contributed by atoms with E-state index in [1.54, 1.807) is 23.7 Å². The molecule has 2 N–H and O–H groups in total. The van der Waals surface area contributed by atoms with Gasteiger partial charge in [-0.3, -0.25) is 14.8 Å². The number of carbonyl (C=O) groups is 2. The Kier molecular flexibility index (Phi) is 5.20. The minimum Gasteiger partial charge on any atom is -0.491 e. The van der Waals surface area contributed by atoms with Crippen LogP contribution in [0.3, 0.4) is 0 Å². The Labute approximate surface area is 153 Å². The standard InChI is InChI=1S/C19H26N2O5/c1-12-11-26-16-10-14(17(22)20-24)4-5-15(16)13(2)21(12)18(23)19(3)6-8-25-9-7-19/h4-5,10,12-13,24H,6-9,11H2,1-3H3,(H,20,22). The molecule has 0 saturated carbocycles. The molecule has 2 heterocycles. The summed E-state index contributed by atoms with van der Waals surface area (Å²) in [6, 6.07) is 4.74. The highest BCUT2D eigenvalue weighted by Gasteiger charge is 2.42. The topological polar surface area (TPSA) is 88.1 Å². The first-order valence-corrected chi connectivity index (χ1v) is 8.99. The van der Waals surface area contributed by atoms with Crippen molar-refractivity contribution in [3.05, 3.63) is 29.3 Å². The van der Waals surface area contributed by atoms with Gasteiger partial charge < -0.3 is 14.4 Å². The number of nitrogens with zero attached hydrogens (tertiary/aromatic N) is 1. The number of rotatable bonds is 2. The van der Waals surface area contributed by atoms with Gasteiger partial charge in [-0.2, -0.15) is 0 Å². The maximum atomic E-state index is 13.4. The minimum absolute atomic E-state index is 0.0975. The van der Waals surface area contributed by atoms with Crippen molar-refractivity contribution in [2.24, 2.45) is 5.41 Å². The van der Waals surface area contributed by atoms with E-state index in [2.05, 4.69) is 0 Å². The van der Waals surface area contributed by atoms with Gasteiger partial charge in [0.05, 0.1) is 17.5 Å². The lowest BCUT2D eigenvalue weighted by Crippen LogP contribution is -2.50. The molecule has 0 aliphatic carbocycles. The van der Waals surface area contributed by atoms with Crippen molar-refractivity contribution in [3.8, 4) is 5.75 Å². The van der Waals surface area contributed by atoms with Crippen LogP contribution in [0.2, 0.25) is 0 Å². The molecule has 3 rings (SSSR count). The number of hydrogen-bond donors (Lipinski definition) is 2. The zero-order valence-corrected chi connectivity index (χ0v) is 15.4. The normalized spacial score (nSPS) is 24.8. The zero-order valence-electron chi connectivity index (χ0n) is 15.4. The van der Waals surface area contributed by atoms with Gasteiger partial charge in [0.2, 0.25) is 5.91 Å². The molecule has 26 heavy (non-hydrogen) atoms. The smallest absolute Gasteiger partial charge is 0.274 e. The summed E-state index contributed by atoms with van der Waals surface area (Å²) in [6.07, 6.45) is 1.43. The van der Waals surface area contributed by atoms with Crippen molar-refractivity contribution >= 4 is 11.8 Å². The Morgan fingerprint density at radius 3 is 2.62 bits per heavy atom. The first-order valence-electron chi connectivity index (χ1n) is 8.99. The van der Waals surface area contributed by atoms with E-state index >= 15 is 0 Å². The van der Waals surface area contributed by atoms with E-state index in [1.807, 2.05) is 25.7 Å². The Bertz CT molecular complexity index is 699. The van der Waals surface area contributed by atoms with Crippen LogP contribution in [-0.2, 0) is 9.53 Å². The summed E-state index contributed by atoms with van der Waals surface area (Å²) in [6.45, 7) is 7.52. The Morgan fingerprint density at radius 2 is 1.96 bits per heavy atom. The van der Waals surface area contributed by atoms with Gasteiger partial charge in [-0.05, 0) is 38.8 Å². The van der Waals surface area contributed by atoms with Gasteiger partial charge in [-0.1, -0.05) is 13.0 Å². The van der Waals surface area contributed by atoms with Gasteiger partial charge in [-0.15, -0.1) is 0 Å². The molecule has 142 valence electrons. The van der Waals surface area contributed by atoms with Gasteiger partial charge in [0, 0.05) is 24.3 Å². The number of benzene rings is 1. The molecule has 1 aromatic carbocycles. The summed E-state index contributed by atoms with van der Waals surface area (Å²) in [5, 5.41) is 8.83. The minimum atomic E-state index is -0.594. The SMILES string of the molecule is CC1COc2cc(C(=O)NO)ccc2C(C)N1C(=O)C1(C)CCOCC1. The van der Waals surface area contributed by atoms with Crippen LogP contribution < -0.4 is 10.2 Å². The third-order valence-electron chi connectivity index (χ3n) is 5.55. The summed E-state index contributed by atoms with van der Waals surface area (Å²) < 4.78 is 11.3. The number of nitrogens with one attached hydrogen (secondary N) is 1. The fraction of sp³-hybridized carbons (Fsp3) is 0.579. The van der Waals surface area contributed by atoms with Gasteiger partial charge in [0.25, 0.3) is 5.91 Å². The predicted octanol–water partition coefficient (Wildman–Crippen LogP) is 2.29. The van der Waals surface area contributed by atoms with E-state index in [-0.39, 0.29) is 18.0 Å². The Hall–Kier alpha value is -2.12. The van der Waals surface area contributed by atoms with Gasteiger partial charge in [0.15, 0.2) is 0 Å². The van der Waals surface area contributed by atoms with Gasteiger partial charge in [-0.25, -0.2) is 5.48 Å². The maximum Gasteiger partial charge on any atom is 0.274 e. The summed E-state index contributed by atoms with van der Waals surface area (Å²) in [4.78, 5) is 27.0.